The van der Waals surface area contributed by atoms with Crippen molar-refractivity contribution in [1.29, 1.82) is 0 Å². The van der Waals surface area contributed by atoms with E-state index in [2.05, 4.69) is 24.0 Å². The maximum atomic E-state index is 12.5. The molecule has 0 aromatic heterocycles. The number of benzene rings is 2. The summed E-state index contributed by atoms with van der Waals surface area (Å²) in [5, 5.41) is 2.62. The van der Waals surface area contributed by atoms with Crippen molar-refractivity contribution in [2.75, 3.05) is 13.2 Å². The number of esters is 1. The van der Waals surface area contributed by atoms with Crippen LogP contribution < -0.4 is 16.8 Å². The van der Waals surface area contributed by atoms with Crippen molar-refractivity contribution in [3.8, 4) is 11.1 Å². The first-order valence-electron chi connectivity index (χ1n) is 10.4. The zero-order valence-electron chi connectivity index (χ0n) is 17.5. The molecule has 31 heavy (non-hydrogen) atoms. The van der Waals surface area contributed by atoms with E-state index in [1.54, 1.807) is 0 Å². The monoisotopic (exact) mass is 423 g/mol. The summed E-state index contributed by atoms with van der Waals surface area (Å²) in [6.07, 6.45) is 1.77. The maximum Gasteiger partial charge on any atom is 0.407 e. The van der Waals surface area contributed by atoms with Gasteiger partial charge in [-0.15, -0.1) is 0 Å². The second-order valence-electron chi connectivity index (χ2n) is 7.54. The molecule has 5 N–H and O–H groups in total. The molecule has 0 unspecified atom stereocenters. The quantitative estimate of drug-likeness (QED) is 0.307. The van der Waals surface area contributed by atoms with Crippen LogP contribution in [-0.2, 0) is 14.3 Å². The van der Waals surface area contributed by atoms with E-state index in [4.69, 9.17) is 20.9 Å². The van der Waals surface area contributed by atoms with E-state index in [-0.39, 0.29) is 19.1 Å². The van der Waals surface area contributed by atoms with Crippen LogP contribution in [0.1, 0.15) is 36.3 Å². The van der Waals surface area contributed by atoms with Crippen molar-refractivity contribution in [3.05, 3.63) is 72.3 Å². The van der Waals surface area contributed by atoms with Gasteiger partial charge >= 0.3 is 12.1 Å². The summed E-state index contributed by atoms with van der Waals surface area (Å²) in [7, 11) is 0. The molecule has 0 saturated carbocycles. The van der Waals surface area contributed by atoms with E-state index in [1.807, 2.05) is 36.4 Å². The van der Waals surface area contributed by atoms with Crippen LogP contribution in [0.5, 0.6) is 0 Å². The average Bonchev–Trinajstić information content (AvgIpc) is 3.09. The van der Waals surface area contributed by atoms with Gasteiger partial charge in [0.25, 0.3) is 0 Å². The number of amides is 1. The zero-order chi connectivity index (χ0) is 22.2. The SMILES string of the molecule is C=CCOC(=O)[C@@H](CCCC(N)N)NC(=O)OCC1c2ccccc2-c2ccccc21. The Bertz CT molecular complexity index is 883. The van der Waals surface area contributed by atoms with Crippen LogP contribution in [-0.4, -0.2) is 37.5 Å². The molecule has 1 atom stereocenters. The third-order valence-electron chi connectivity index (χ3n) is 5.29. The number of fused-ring (bicyclic) bond motifs is 3. The lowest BCUT2D eigenvalue weighted by atomic mass is 9.98. The molecular formula is C24H29N3O4. The fourth-order valence-corrected chi connectivity index (χ4v) is 3.83. The van der Waals surface area contributed by atoms with Gasteiger partial charge in [-0.2, -0.15) is 0 Å². The fourth-order valence-electron chi connectivity index (χ4n) is 3.83. The van der Waals surface area contributed by atoms with E-state index in [1.165, 1.54) is 6.08 Å². The summed E-state index contributed by atoms with van der Waals surface area (Å²) in [6.45, 7) is 3.76. The summed E-state index contributed by atoms with van der Waals surface area (Å²) in [5.41, 5.74) is 15.7. The molecule has 1 aliphatic carbocycles. The number of nitrogens with two attached hydrogens (primary N) is 2. The standard InChI is InChI=1S/C24H29N3O4/c1-2-14-30-23(28)21(12-7-13-22(25)26)27-24(29)31-15-20-18-10-5-3-8-16(18)17-9-4-6-11-19(17)20/h2-6,8-11,20-22H,1,7,12-15,25-26H2,(H,27,29)/t21-/m1/s1. The smallest absolute Gasteiger partial charge is 0.407 e. The van der Waals surface area contributed by atoms with Gasteiger partial charge in [0.05, 0.1) is 6.17 Å². The van der Waals surface area contributed by atoms with Crippen LogP contribution in [0.3, 0.4) is 0 Å². The minimum atomic E-state index is -0.839. The van der Waals surface area contributed by atoms with Crippen molar-refractivity contribution in [1.82, 2.24) is 5.32 Å². The number of hydrogen-bond acceptors (Lipinski definition) is 6. The number of ether oxygens (including phenoxy) is 2. The van der Waals surface area contributed by atoms with Crippen molar-refractivity contribution in [2.45, 2.75) is 37.4 Å². The summed E-state index contributed by atoms with van der Waals surface area (Å²) < 4.78 is 10.6. The van der Waals surface area contributed by atoms with Crippen molar-refractivity contribution >= 4 is 12.1 Å². The summed E-state index contributed by atoms with van der Waals surface area (Å²) in [4.78, 5) is 24.8. The molecule has 7 heteroatoms. The van der Waals surface area contributed by atoms with Gasteiger partial charge in [0, 0.05) is 5.92 Å². The Morgan fingerprint density at radius 1 is 1.00 bits per heavy atom. The van der Waals surface area contributed by atoms with Gasteiger partial charge in [-0.1, -0.05) is 61.2 Å². The average molecular weight is 424 g/mol. The highest BCUT2D eigenvalue weighted by Gasteiger charge is 2.30. The highest BCUT2D eigenvalue weighted by Crippen LogP contribution is 2.44. The predicted octanol–water partition coefficient (Wildman–Crippen LogP) is 3.04. The lowest BCUT2D eigenvalue weighted by molar-refractivity contribution is -0.145. The Hall–Kier alpha value is -3.16. The molecule has 0 radical (unpaired) electrons. The highest BCUT2D eigenvalue weighted by atomic mass is 16.6. The first-order valence-corrected chi connectivity index (χ1v) is 10.4. The first kappa shape index (κ1) is 22.5. The number of carbonyl (C=O) groups excluding carboxylic acids is 2. The van der Waals surface area contributed by atoms with Gasteiger partial charge in [-0.25, -0.2) is 9.59 Å². The lowest BCUT2D eigenvalue weighted by Gasteiger charge is -2.19. The van der Waals surface area contributed by atoms with E-state index < -0.39 is 24.3 Å². The molecule has 0 saturated heterocycles. The Labute approximate surface area is 182 Å². The zero-order valence-corrected chi connectivity index (χ0v) is 17.5. The molecule has 3 rings (SSSR count). The minimum Gasteiger partial charge on any atom is -0.460 e. The first-order chi connectivity index (χ1) is 15.0. The van der Waals surface area contributed by atoms with Crippen LogP contribution >= 0.6 is 0 Å². The molecule has 2 aromatic carbocycles. The Kier molecular flexibility index (Phi) is 7.81. The van der Waals surface area contributed by atoms with E-state index in [0.717, 1.165) is 22.3 Å². The number of hydrogen-bond donors (Lipinski definition) is 3. The van der Waals surface area contributed by atoms with Crippen molar-refractivity contribution < 1.29 is 19.1 Å². The van der Waals surface area contributed by atoms with Crippen LogP contribution in [0.2, 0.25) is 0 Å². The highest BCUT2D eigenvalue weighted by molar-refractivity contribution is 5.82. The number of carbonyl (C=O) groups is 2. The van der Waals surface area contributed by atoms with Crippen LogP contribution in [0.4, 0.5) is 4.79 Å². The van der Waals surface area contributed by atoms with E-state index in [0.29, 0.717) is 19.3 Å². The molecule has 0 spiro atoms. The van der Waals surface area contributed by atoms with Gasteiger partial charge in [0.1, 0.15) is 19.3 Å². The minimum absolute atomic E-state index is 0.0560. The molecule has 1 amide bonds. The van der Waals surface area contributed by atoms with E-state index >= 15 is 0 Å². The Morgan fingerprint density at radius 2 is 1.61 bits per heavy atom. The van der Waals surface area contributed by atoms with Crippen LogP contribution in [0.25, 0.3) is 11.1 Å². The predicted molar refractivity (Wildman–Crippen MR) is 119 cm³/mol. The topological polar surface area (TPSA) is 117 Å². The number of nitrogens with one attached hydrogen (secondary N) is 1. The van der Waals surface area contributed by atoms with Crippen LogP contribution in [0, 0.1) is 0 Å². The summed E-state index contributed by atoms with van der Waals surface area (Å²) in [6, 6.07) is 15.4. The molecule has 2 aromatic rings. The summed E-state index contributed by atoms with van der Waals surface area (Å²) >= 11 is 0. The Morgan fingerprint density at radius 3 is 2.19 bits per heavy atom. The van der Waals surface area contributed by atoms with E-state index in [9.17, 15) is 9.59 Å². The van der Waals surface area contributed by atoms with Gasteiger partial charge < -0.3 is 26.3 Å². The summed E-state index contributed by atoms with van der Waals surface area (Å²) in [5.74, 6) is -0.599. The molecule has 7 nitrogen and oxygen atoms in total. The molecule has 0 aliphatic heterocycles. The largest absolute Gasteiger partial charge is 0.460 e. The molecule has 0 heterocycles. The fraction of sp³-hybridized carbons (Fsp3) is 0.333. The lowest BCUT2D eigenvalue weighted by Crippen LogP contribution is -2.43. The van der Waals surface area contributed by atoms with Gasteiger partial charge in [0.2, 0.25) is 0 Å². The second-order valence-corrected chi connectivity index (χ2v) is 7.54. The molecular weight excluding hydrogens is 394 g/mol. The third kappa shape index (κ3) is 5.71. The normalized spacial score (nSPS) is 13.3. The van der Waals surface area contributed by atoms with Gasteiger partial charge in [0.15, 0.2) is 0 Å². The van der Waals surface area contributed by atoms with Crippen molar-refractivity contribution in [3.63, 3.8) is 0 Å². The Balaban J connectivity index is 1.63. The van der Waals surface area contributed by atoms with Gasteiger partial charge in [-0.05, 0) is 41.5 Å². The van der Waals surface area contributed by atoms with Crippen LogP contribution in [0.15, 0.2) is 61.2 Å². The number of rotatable bonds is 10. The molecule has 164 valence electrons. The molecule has 0 bridgehead atoms. The number of alkyl carbamates (subject to hydrolysis) is 1. The van der Waals surface area contributed by atoms with Crippen molar-refractivity contribution in [2.24, 2.45) is 11.5 Å². The maximum absolute atomic E-state index is 12.5. The van der Waals surface area contributed by atoms with Gasteiger partial charge in [-0.3, -0.25) is 0 Å². The third-order valence-corrected chi connectivity index (χ3v) is 5.29. The molecule has 1 aliphatic rings. The molecule has 0 fully saturated rings. The second kappa shape index (κ2) is 10.7.